The Bertz CT molecular complexity index is 847. The summed E-state index contributed by atoms with van der Waals surface area (Å²) in [7, 11) is 0. The summed E-state index contributed by atoms with van der Waals surface area (Å²) in [6.07, 6.45) is 1.52. The number of hydrogen-bond acceptors (Lipinski definition) is 4. The number of pyridine rings is 1. The van der Waals surface area contributed by atoms with Crippen LogP contribution in [-0.4, -0.2) is 20.0 Å². The predicted molar refractivity (Wildman–Crippen MR) is 77.2 cm³/mol. The molecule has 0 saturated carbocycles. The summed E-state index contributed by atoms with van der Waals surface area (Å²) in [5, 5.41) is 9.16. The van der Waals surface area contributed by atoms with E-state index >= 15 is 0 Å². The van der Waals surface area contributed by atoms with E-state index in [0.717, 1.165) is 0 Å². The van der Waals surface area contributed by atoms with Gasteiger partial charge in [-0.2, -0.15) is 0 Å². The lowest BCUT2D eigenvalue weighted by atomic mass is 10.2. The standard InChI is InChI=1S/C13H8Cl2N4O/c14-10-5-12(15)16-6-8(10)7-19-13(20)9-3-1-2-4-11(9)17-18-19/h1-6H,7H2. The first-order valence-corrected chi connectivity index (χ1v) is 6.53. The molecule has 3 aromatic rings. The van der Waals surface area contributed by atoms with Gasteiger partial charge in [0.25, 0.3) is 5.56 Å². The van der Waals surface area contributed by atoms with Gasteiger partial charge in [-0.1, -0.05) is 40.5 Å². The van der Waals surface area contributed by atoms with Crippen molar-refractivity contribution in [3.8, 4) is 0 Å². The maximum absolute atomic E-state index is 12.3. The summed E-state index contributed by atoms with van der Waals surface area (Å²) in [6, 6.07) is 8.57. The van der Waals surface area contributed by atoms with E-state index in [1.807, 2.05) is 0 Å². The highest BCUT2D eigenvalue weighted by atomic mass is 35.5. The van der Waals surface area contributed by atoms with Gasteiger partial charge in [0, 0.05) is 11.8 Å². The van der Waals surface area contributed by atoms with Gasteiger partial charge in [-0.25, -0.2) is 9.67 Å². The third kappa shape index (κ3) is 2.37. The van der Waals surface area contributed by atoms with Gasteiger partial charge in [-0.3, -0.25) is 4.79 Å². The Morgan fingerprint density at radius 2 is 2.00 bits per heavy atom. The van der Waals surface area contributed by atoms with Crippen LogP contribution in [0, 0.1) is 0 Å². The van der Waals surface area contributed by atoms with Gasteiger partial charge >= 0.3 is 0 Å². The van der Waals surface area contributed by atoms with E-state index in [4.69, 9.17) is 23.2 Å². The highest BCUT2D eigenvalue weighted by Gasteiger charge is 2.08. The van der Waals surface area contributed by atoms with E-state index in [1.54, 1.807) is 24.3 Å². The third-order valence-electron chi connectivity index (χ3n) is 2.85. The zero-order chi connectivity index (χ0) is 14.1. The van der Waals surface area contributed by atoms with Crippen LogP contribution in [0.5, 0.6) is 0 Å². The molecule has 0 aliphatic rings. The Balaban J connectivity index is 2.07. The van der Waals surface area contributed by atoms with Gasteiger partial charge < -0.3 is 0 Å². The lowest BCUT2D eigenvalue weighted by Gasteiger charge is -2.06. The fraction of sp³-hybridized carbons (Fsp3) is 0.0769. The van der Waals surface area contributed by atoms with Crippen LogP contribution in [0.4, 0.5) is 0 Å². The molecule has 0 amide bonds. The summed E-state index contributed by atoms with van der Waals surface area (Å²) in [5.41, 5.74) is 0.999. The smallest absolute Gasteiger partial charge is 0.267 e. The SMILES string of the molecule is O=c1c2ccccc2nnn1Cc1cnc(Cl)cc1Cl. The van der Waals surface area contributed by atoms with Gasteiger partial charge in [0.05, 0.1) is 17.0 Å². The van der Waals surface area contributed by atoms with Crippen LogP contribution in [0.1, 0.15) is 5.56 Å². The Hall–Kier alpha value is -1.98. The number of nitrogens with zero attached hydrogens (tertiary/aromatic N) is 4. The van der Waals surface area contributed by atoms with E-state index in [9.17, 15) is 4.79 Å². The number of hydrogen-bond donors (Lipinski definition) is 0. The number of halogens is 2. The van der Waals surface area contributed by atoms with E-state index < -0.39 is 0 Å². The molecule has 5 nitrogen and oxygen atoms in total. The molecule has 0 fully saturated rings. The molecule has 0 unspecified atom stereocenters. The Morgan fingerprint density at radius 1 is 1.20 bits per heavy atom. The Labute approximate surface area is 123 Å². The van der Waals surface area contributed by atoms with Crippen LogP contribution in [0.2, 0.25) is 10.2 Å². The summed E-state index contributed by atoms with van der Waals surface area (Å²) < 4.78 is 1.25. The molecule has 100 valence electrons. The fourth-order valence-electron chi connectivity index (χ4n) is 1.84. The number of fused-ring (bicyclic) bond motifs is 1. The number of rotatable bonds is 2. The zero-order valence-corrected chi connectivity index (χ0v) is 11.6. The molecule has 0 spiro atoms. The molecule has 0 saturated heterocycles. The molecule has 0 bridgehead atoms. The minimum absolute atomic E-state index is 0.194. The van der Waals surface area contributed by atoms with Crippen LogP contribution in [0.25, 0.3) is 10.9 Å². The molecule has 20 heavy (non-hydrogen) atoms. The minimum Gasteiger partial charge on any atom is -0.267 e. The van der Waals surface area contributed by atoms with Crippen LogP contribution in [-0.2, 0) is 6.54 Å². The predicted octanol–water partition coefficient (Wildman–Crippen LogP) is 2.54. The minimum atomic E-state index is -0.221. The topological polar surface area (TPSA) is 60.7 Å². The van der Waals surface area contributed by atoms with Crippen molar-refractivity contribution in [3.63, 3.8) is 0 Å². The maximum atomic E-state index is 12.3. The quantitative estimate of drug-likeness (QED) is 0.683. The van der Waals surface area contributed by atoms with Gasteiger partial charge in [0.15, 0.2) is 0 Å². The first kappa shape index (κ1) is 13.0. The van der Waals surface area contributed by atoms with E-state index in [2.05, 4.69) is 15.3 Å². The van der Waals surface area contributed by atoms with Crippen LogP contribution >= 0.6 is 23.2 Å². The van der Waals surface area contributed by atoms with Crippen molar-refractivity contribution >= 4 is 34.1 Å². The molecular formula is C13H8Cl2N4O. The second kappa shape index (κ2) is 5.19. The first-order chi connectivity index (χ1) is 9.65. The zero-order valence-electron chi connectivity index (χ0n) is 10.1. The molecule has 1 aromatic carbocycles. The van der Waals surface area contributed by atoms with Crippen molar-refractivity contribution in [2.24, 2.45) is 0 Å². The van der Waals surface area contributed by atoms with Crippen molar-refractivity contribution in [1.82, 2.24) is 20.0 Å². The molecular weight excluding hydrogens is 299 g/mol. The van der Waals surface area contributed by atoms with Gasteiger partial charge in [0.2, 0.25) is 0 Å². The maximum Gasteiger partial charge on any atom is 0.277 e. The summed E-state index contributed by atoms with van der Waals surface area (Å²) >= 11 is 11.8. The lowest BCUT2D eigenvalue weighted by molar-refractivity contribution is 0.600. The molecule has 7 heteroatoms. The normalized spacial score (nSPS) is 10.9. The Kier molecular flexibility index (Phi) is 3.38. The molecule has 2 heterocycles. The van der Waals surface area contributed by atoms with Crippen molar-refractivity contribution < 1.29 is 0 Å². The molecule has 0 radical (unpaired) electrons. The van der Waals surface area contributed by atoms with Gasteiger partial charge in [-0.15, -0.1) is 5.10 Å². The summed E-state index contributed by atoms with van der Waals surface area (Å²) in [4.78, 5) is 16.2. The van der Waals surface area contributed by atoms with Crippen molar-refractivity contribution in [3.05, 3.63) is 62.6 Å². The van der Waals surface area contributed by atoms with Crippen LogP contribution < -0.4 is 5.56 Å². The second-order valence-corrected chi connectivity index (χ2v) is 4.96. The molecule has 0 atom stereocenters. The highest BCUT2D eigenvalue weighted by molar-refractivity contribution is 6.34. The molecule has 0 aliphatic heterocycles. The highest BCUT2D eigenvalue weighted by Crippen LogP contribution is 2.19. The average Bonchev–Trinajstić information content (AvgIpc) is 2.45. The average molecular weight is 307 g/mol. The summed E-state index contributed by atoms with van der Waals surface area (Å²) in [6.45, 7) is 0.194. The van der Waals surface area contributed by atoms with Crippen LogP contribution in [0.3, 0.4) is 0 Å². The van der Waals surface area contributed by atoms with E-state index in [1.165, 1.54) is 16.9 Å². The Morgan fingerprint density at radius 3 is 2.80 bits per heavy atom. The van der Waals surface area contributed by atoms with Crippen LogP contribution in [0.15, 0.2) is 41.3 Å². The van der Waals surface area contributed by atoms with E-state index in [0.29, 0.717) is 26.6 Å². The van der Waals surface area contributed by atoms with Gasteiger partial charge in [-0.05, 0) is 18.2 Å². The monoisotopic (exact) mass is 306 g/mol. The first-order valence-electron chi connectivity index (χ1n) is 5.77. The molecule has 0 N–H and O–H groups in total. The number of benzene rings is 1. The molecule has 3 rings (SSSR count). The van der Waals surface area contributed by atoms with Gasteiger partial charge in [0.1, 0.15) is 10.7 Å². The number of aromatic nitrogens is 4. The third-order valence-corrected chi connectivity index (χ3v) is 3.40. The molecule has 2 aromatic heterocycles. The second-order valence-electron chi connectivity index (χ2n) is 4.17. The van der Waals surface area contributed by atoms with E-state index in [-0.39, 0.29) is 12.1 Å². The van der Waals surface area contributed by atoms with Crippen molar-refractivity contribution in [2.45, 2.75) is 6.54 Å². The van der Waals surface area contributed by atoms with Crippen molar-refractivity contribution in [2.75, 3.05) is 0 Å². The fourth-order valence-corrected chi connectivity index (χ4v) is 2.27. The lowest BCUT2D eigenvalue weighted by Crippen LogP contribution is -2.24. The molecule has 0 aliphatic carbocycles. The summed E-state index contributed by atoms with van der Waals surface area (Å²) in [5.74, 6) is 0. The largest absolute Gasteiger partial charge is 0.277 e. The van der Waals surface area contributed by atoms with Crippen molar-refractivity contribution in [1.29, 1.82) is 0 Å².